The molecule has 1 aromatic carbocycles. The van der Waals surface area contributed by atoms with Crippen LogP contribution in [0.2, 0.25) is 0 Å². The van der Waals surface area contributed by atoms with Crippen LogP contribution < -0.4 is 16.3 Å². The summed E-state index contributed by atoms with van der Waals surface area (Å²) in [7, 11) is 1.27. The lowest BCUT2D eigenvalue weighted by molar-refractivity contribution is -0.162. The predicted molar refractivity (Wildman–Crippen MR) is 158 cm³/mol. The van der Waals surface area contributed by atoms with Crippen LogP contribution in [0.5, 0.6) is 5.75 Å². The first kappa shape index (κ1) is 31.5. The van der Waals surface area contributed by atoms with Crippen molar-refractivity contribution in [2.75, 3.05) is 33.3 Å². The van der Waals surface area contributed by atoms with Crippen molar-refractivity contribution in [1.82, 2.24) is 14.8 Å². The minimum Gasteiger partial charge on any atom is -0.487 e. The highest BCUT2D eigenvalue weighted by atomic mass is 79.9. The number of halogens is 3. The molecule has 10 nitrogen and oxygen atoms in total. The average Bonchev–Trinajstić information content (AvgIpc) is 3.62. The van der Waals surface area contributed by atoms with Gasteiger partial charge in [0.05, 0.1) is 23.1 Å². The zero-order valence-electron chi connectivity index (χ0n) is 24.6. The van der Waals surface area contributed by atoms with Crippen molar-refractivity contribution in [2.24, 2.45) is 28.3 Å². The third-order valence-electron chi connectivity index (χ3n) is 9.90. The minimum atomic E-state index is -2.91. The van der Waals surface area contributed by atoms with Gasteiger partial charge in [-0.1, -0.05) is 28.8 Å². The average molecular weight is 669 g/mol. The Labute approximate surface area is 258 Å². The summed E-state index contributed by atoms with van der Waals surface area (Å²) in [5.41, 5.74) is 5.57. The van der Waals surface area contributed by atoms with E-state index in [1.54, 1.807) is 24.0 Å². The number of amides is 2. The smallest absolute Gasteiger partial charge is 0.310 e. The van der Waals surface area contributed by atoms with E-state index in [2.05, 4.69) is 15.9 Å². The lowest BCUT2D eigenvalue weighted by Crippen LogP contribution is -2.52. The molecule has 5 rings (SSSR count). The van der Waals surface area contributed by atoms with Crippen LogP contribution in [0.25, 0.3) is 0 Å². The molecule has 2 heterocycles. The van der Waals surface area contributed by atoms with E-state index in [9.17, 15) is 28.3 Å². The van der Waals surface area contributed by atoms with E-state index in [0.717, 1.165) is 40.7 Å². The van der Waals surface area contributed by atoms with Crippen molar-refractivity contribution in [3.8, 4) is 5.75 Å². The molecule has 0 bridgehead atoms. The van der Waals surface area contributed by atoms with E-state index in [0.29, 0.717) is 50.1 Å². The van der Waals surface area contributed by atoms with E-state index in [1.165, 1.54) is 7.05 Å². The lowest BCUT2D eigenvalue weighted by Gasteiger charge is -2.45. The van der Waals surface area contributed by atoms with Gasteiger partial charge in [0.1, 0.15) is 18.1 Å². The van der Waals surface area contributed by atoms with E-state index < -0.39 is 35.5 Å². The molecule has 236 valence electrons. The number of hydrazine groups is 1. The topological polar surface area (TPSA) is 142 Å². The Hall–Kier alpha value is -2.93. The summed E-state index contributed by atoms with van der Waals surface area (Å²) < 4.78 is 34.1. The maximum Gasteiger partial charge on any atom is 0.310 e. The summed E-state index contributed by atoms with van der Waals surface area (Å²) >= 11 is 3.63. The molecule has 2 saturated carbocycles. The number of carbonyl (C=O) groups excluding carboxylic acids is 2. The molecular formula is C30H40BrF2N5O5. The van der Waals surface area contributed by atoms with Gasteiger partial charge in [-0.3, -0.25) is 14.4 Å². The van der Waals surface area contributed by atoms with Crippen LogP contribution in [0.3, 0.4) is 0 Å². The van der Waals surface area contributed by atoms with Gasteiger partial charge in [-0.05, 0) is 62.1 Å². The van der Waals surface area contributed by atoms with Gasteiger partial charge in [-0.15, -0.1) is 0 Å². The van der Waals surface area contributed by atoms with Crippen LogP contribution >= 0.6 is 15.9 Å². The second kappa shape index (κ2) is 11.9. The number of hydrogen-bond acceptors (Lipinski definition) is 7. The Kier molecular flexibility index (Phi) is 8.69. The van der Waals surface area contributed by atoms with Gasteiger partial charge in [0.2, 0.25) is 11.8 Å². The largest absolute Gasteiger partial charge is 0.487 e. The highest BCUT2D eigenvalue weighted by Gasteiger charge is 2.54. The second-order valence-electron chi connectivity index (χ2n) is 12.8. The maximum absolute atomic E-state index is 14.4. The van der Waals surface area contributed by atoms with Crippen LogP contribution in [0.15, 0.2) is 28.0 Å². The van der Waals surface area contributed by atoms with Crippen LogP contribution in [-0.2, 0) is 20.8 Å². The minimum absolute atomic E-state index is 0.00440. The normalized spacial score (nSPS) is 26.8. The molecule has 2 aliphatic carbocycles. The van der Waals surface area contributed by atoms with Crippen molar-refractivity contribution in [3.05, 3.63) is 39.1 Å². The van der Waals surface area contributed by atoms with Crippen molar-refractivity contribution >= 4 is 33.7 Å². The summed E-state index contributed by atoms with van der Waals surface area (Å²) in [6.45, 7) is 2.45. The zero-order valence-corrected chi connectivity index (χ0v) is 26.2. The molecule has 1 unspecified atom stereocenters. The second-order valence-corrected chi connectivity index (χ2v) is 13.7. The number of rotatable bonds is 9. The summed E-state index contributed by atoms with van der Waals surface area (Å²) in [6.07, 6.45) is 2.39. The molecule has 1 aromatic rings. The number of carboxylic acids is 1. The number of nitrogens with two attached hydrogens (primary N) is 2. The number of benzene rings is 1. The van der Waals surface area contributed by atoms with Gasteiger partial charge in [-0.25, -0.2) is 14.6 Å². The Morgan fingerprint density at radius 1 is 1.26 bits per heavy atom. The Morgan fingerprint density at radius 3 is 2.58 bits per heavy atom. The molecule has 3 fully saturated rings. The SMILES string of the molecule is CN(N)/C(=C(\N)COc1ccc(Br)c2c1C(CN1CC3(CC3)CC1=O)N(C(=O)[C@@H]1CCCC[C@]1(C)C(=O)O)CC2)C(F)F. The van der Waals surface area contributed by atoms with Gasteiger partial charge in [-0.2, -0.15) is 0 Å². The highest BCUT2D eigenvalue weighted by molar-refractivity contribution is 9.10. The number of hydrogen-bond donors (Lipinski definition) is 3. The number of carbonyl (C=O) groups is 3. The van der Waals surface area contributed by atoms with Crippen LogP contribution in [0, 0.1) is 16.7 Å². The molecule has 4 aliphatic rings. The fourth-order valence-electron chi connectivity index (χ4n) is 7.16. The number of likely N-dealkylation sites (tertiary alicyclic amines) is 1. The lowest BCUT2D eigenvalue weighted by atomic mass is 9.66. The van der Waals surface area contributed by atoms with Gasteiger partial charge < -0.3 is 30.4 Å². The summed E-state index contributed by atoms with van der Waals surface area (Å²) in [4.78, 5) is 43.5. The Balaban J connectivity index is 1.54. The first-order chi connectivity index (χ1) is 20.3. The van der Waals surface area contributed by atoms with E-state index in [-0.39, 0.29) is 36.1 Å². The first-order valence-electron chi connectivity index (χ1n) is 14.8. The Morgan fingerprint density at radius 2 is 1.98 bits per heavy atom. The monoisotopic (exact) mass is 667 g/mol. The first-order valence-corrected chi connectivity index (χ1v) is 15.6. The van der Waals surface area contributed by atoms with E-state index >= 15 is 0 Å². The molecule has 0 radical (unpaired) electrons. The third kappa shape index (κ3) is 5.94. The molecule has 43 heavy (non-hydrogen) atoms. The van der Waals surface area contributed by atoms with Crippen molar-refractivity contribution in [2.45, 2.75) is 70.8 Å². The predicted octanol–water partition coefficient (Wildman–Crippen LogP) is 3.79. The number of alkyl halides is 2. The van der Waals surface area contributed by atoms with Gasteiger partial charge >= 0.3 is 5.97 Å². The molecule has 5 N–H and O–H groups in total. The molecular weight excluding hydrogens is 628 g/mol. The van der Waals surface area contributed by atoms with Crippen molar-refractivity contribution in [3.63, 3.8) is 0 Å². The van der Waals surface area contributed by atoms with Gasteiger partial charge in [0, 0.05) is 43.1 Å². The van der Waals surface area contributed by atoms with E-state index in [4.69, 9.17) is 16.3 Å². The maximum atomic E-state index is 14.4. The summed E-state index contributed by atoms with van der Waals surface area (Å²) in [5, 5.41) is 10.9. The molecule has 1 spiro atoms. The zero-order chi connectivity index (χ0) is 31.3. The number of allylic oxidation sites excluding steroid dienone is 1. The summed E-state index contributed by atoms with van der Waals surface area (Å²) in [5.74, 6) is 4.03. The molecule has 2 amide bonds. The number of nitrogens with zero attached hydrogens (tertiary/aromatic N) is 3. The summed E-state index contributed by atoms with van der Waals surface area (Å²) in [6, 6.07) is 2.87. The Bertz CT molecular complexity index is 1330. The molecule has 0 aromatic heterocycles. The fraction of sp³-hybridized carbons (Fsp3) is 0.633. The molecule has 2 aliphatic heterocycles. The third-order valence-corrected chi connectivity index (χ3v) is 10.6. The van der Waals surface area contributed by atoms with E-state index in [1.807, 2.05) is 4.90 Å². The number of fused-ring (bicyclic) bond motifs is 1. The van der Waals surface area contributed by atoms with Gasteiger partial charge in [0.25, 0.3) is 6.43 Å². The number of carboxylic acid groups (broad SMARTS) is 1. The highest BCUT2D eigenvalue weighted by Crippen LogP contribution is 2.54. The fourth-order valence-corrected chi connectivity index (χ4v) is 7.71. The molecule has 1 saturated heterocycles. The number of ether oxygens (including phenoxy) is 1. The van der Waals surface area contributed by atoms with Crippen LogP contribution in [0.4, 0.5) is 8.78 Å². The van der Waals surface area contributed by atoms with Crippen LogP contribution in [-0.4, -0.2) is 77.4 Å². The van der Waals surface area contributed by atoms with Gasteiger partial charge in [0.15, 0.2) is 0 Å². The van der Waals surface area contributed by atoms with Crippen molar-refractivity contribution in [1.29, 1.82) is 0 Å². The molecule has 3 atom stereocenters. The quantitative estimate of drug-likeness (QED) is 0.267. The standard InChI is InChI=1S/C30H40BrF2N5O5/c1-29(28(41)42)9-4-3-5-18(29)27(40)38-12-8-17-19(31)6-7-22(43-15-20(34)25(26(32)33)36(2)35)24(17)21(38)14-37-16-30(10-11-30)13-23(37)39/h6-7,18,21,26H,3-5,8-16,34-35H2,1-2H3,(H,41,42)/b25-20-/t18-,21?,29-/m0/s1. The van der Waals surface area contributed by atoms with Crippen molar-refractivity contribution < 1.29 is 33.0 Å². The number of aliphatic carboxylic acids is 1. The van der Waals surface area contributed by atoms with Crippen LogP contribution in [0.1, 0.15) is 69.0 Å². The molecule has 13 heteroatoms.